The fraction of sp³-hybridized carbons (Fsp3) is 0.750. The summed E-state index contributed by atoms with van der Waals surface area (Å²) in [5, 5.41) is 16.0. The molecule has 0 aliphatic heterocycles. The molecule has 0 radical (unpaired) electrons. The van der Waals surface area contributed by atoms with Crippen molar-refractivity contribution in [3.05, 3.63) is 0 Å². The first-order valence-electron chi connectivity index (χ1n) is 2.10. The van der Waals surface area contributed by atoms with Crippen molar-refractivity contribution in [2.75, 3.05) is 6.61 Å². The number of carboxylic acids is 1. The Morgan fingerprint density at radius 3 is 2.29 bits per heavy atom. The molecular weight excluding hydrogens is 100 g/mol. The summed E-state index contributed by atoms with van der Waals surface area (Å²) in [5.74, 6) is -0.853. The van der Waals surface area contributed by atoms with E-state index in [9.17, 15) is 4.79 Å². The predicted octanol–water partition coefficient (Wildman–Crippen LogP) is -0.157. The third kappa shape index (κ3) is 5.43. The first-order valence-corrected chi connectivity index (χ1v) is 2.10. The summed E-state index contributed by atoms with van der Waals surface area (Å²) in [6.07, 6.45) is 0.422. The molecule has 2 N–H and O–H groups in total. The van der Waals surface area contributed by atoms with Gasteiger partial charge in [-0.25, -0.2) is 0 Å². The van der Waals surface area contributed by atoms with Gasteiger partial charge in [-0.15, -0.1) is 0 Å². The number of aliphatic hydroxyl groups is 1. The predicted molar refractivity (Wildman–Crippen MR) is 24.0 cm³/mol. The highest BCUT2D eigenvalue weighted by molar-refractivity contribution is 5.66. The molecule has 0 aromatic heterocycles. The Labute approximate surface area is 41.6 Å². The van der Waals surface area contributed by atoms with Gasteiger partial charge in [0.1, 0.15) is 0 Å². The zero-order chi connectivity index (χ0) is 5.70. The van der Waals surface area contributed by atoms with Crippen LogP contribution in [-0.2, 0) is 4.79 Å². The number of hydrogen-bond donors (Lipinski definition) is 2. The van der Waals surface area contributed by atoms with Crippen LogP contribution in [0.3, 0.4) is 0 Å². The van der Waals surface area contributed by atoms with Crippen LogP contribution in [-0.4, -0.2) is 22.8 Å². The van der Waals surface area contributed by atoms with Crippen LogP contribution in [0.1, 0.15) is 12.8 Å². The van der Waals surface area contributed by atoms with E-state index in [0.717, 1.165) is 0 Å². The number of carbonyl (C=O) groups is 1. The van der Waals surface area contributed by atoms with Crippen molar-refractivity contribution < 1.29 is 15.0 Å². The molecule has 3 heteroatoms. The lowest BCUT2D eigenvalue weighted by Gasteiger charge is -1.85. The molecule has 0 amide bonds. The summed E-state index contributed by atoms with van der Waals surface area (Å²) >= 11 is 0. The summed E-state index contributed by atoms with van der Waals surface area (Å²) in [5.41, 5.74) is 0. The van der Waals surface area contributed by atoms with E-state index in [1.165, 1.54) is 0 Å². The van der Waals surface area contributed by atoms with Gasteiger partial charge in [0, 0.05) is 13.0 Å². The molecular formula is C4H8O3. The first-order chi connectivity index (χ1) is 3.27. The van der Waals surface area contributed by atoms with E-state index in [0.29, 0.717) is 6.42 Å². The lowest BCUT2D eigenvalue weighted by atomic mass is 11.3. The molecule has 0 saturated carbocycles. The molecule has 7 heavy (non-hydrogen) atoms. The largest absolute Gasteiger partial charge is 0.481 e. The van der Waals surface area contributed by atoms with Gasteiger partial charge in [-0.05, 0) is 6.42 Å². The molecule has 0 aromatic rings. The van der Waals surface area contributed by atoms with Crippen LogP contribution in [0.25, 0.3) is 0 Å². The van der Waals surface area contributed by atoms with Crippen molar-refractivity contribution >= 4 is 5.97 Å². The number of aliphatic carboxylic acids is 1. The van der Waals surface area contributed by atoms with Crippen LogP contribution in [0.15, 0.2) is 0 Å². The van der Waals surface area contributed by atoms with Gasteiger partial charge in [0.05, 0.1) is 0 Å². The second-order valence-electron chi connectivity index (χ2n) is 1.22. The van der Waals surface area contributed by atoms with Crippen molar-refractivity contribution in [1.82, 2.24) is 0 Å². The minimum atomic E-state index is -0.853. The maximum Gasteiger partial charge on any atom is 0.303 e. The molecule has 0 spiro atoms. The topological polar surface area (TPSA) is 57.5 Å². The van der Waals surface area contributed by atoms with Crippen molar-refractivity contribution in [2.24, 2.45) is 0 Å². The minimum Gasteiger partial charge on any atom is -0.481 e. The normalized spacial score (nSPS) is 8.71. The summed E-state index contributed by atoms with van der Waals surface area (Å²) in [4.78, 5) is 9.65. The Morgan fingerprint density at radius 1 is 1.57 bits per heavy atom. The Bertz CT molecular complexity index is 60.0. The van der Waals surface area contributed by atoms with Gasteiger partial charge in [-0.1, -0.05) is 0 Å². The Hall–Kier alpha value is -0.570. The van der Waals surface area contributed by atoms with Gasteiger partial charge < -0.3 is 10.2 Å². The van der Waals surface area contributed by atoms with Gasteiger partial charge in [-0.2, -0.15) is 0 Å². The highest BCUT2D eigenvalue weighted by Crippen LogP contribution is 1.83. The average molecular weight is 108 g/mol. The maximum atomic E-state index is 9.65. The molecule has 42 valence electrons. The maximum absolute atomic E-state index is 9.65. The number of hydrogen-bond acceptors (Lipinski definition) is 2. The molecule has 0 saturated heterocycles. The van der Waals surface area contributed by atoms with E-state index in [-0.39, 0.29) is 13.0 Å². The lowest BCUT2D eigenvalue weighted by molar-refractivity contribution is -0.137. The average Bonchev–Trinajstić information content (AvgIpc) is 1.61. The van der Waals surface area contributed by atoms with Crippen LogP contribution >= 0.6 is 0 Å². The van der Waals surface area contributed by atoms with Gasteiger partial charge in [0.25, 0.3) is 0 Å². The molecule has 0 bridgehead atoms. The first kappa shape index (κ1) is 6.43. The Morgan fingerprint density at radius 2 is 2.14 bits per heavy atom. The highest BCUT2D eigenvalue weighted by Gasteiger charge is 1.91. The van der Waals surface area contributed by atoms with Crippen molar-refractivity contribution in [2.45, 2.75) is 12.8 Å². The van der Waals surface area contributed by atoms with Crippen LogP contribution in [0.4, 0.5) is 0 Å². The lowest BCUT2D eigenvalue weighted by Crippen LogP contribution is -1.95. The Kier molecular flexibility index (Phi) is 3.32. The molecule has 0 rings (SSSR count). The van der Waals surface area contributed by atoms with Crippen LogP contribution < -0.4 is 0 Å². The molecule has 0 fully saturated rings. The number of rotatable bonds is 3. The minimum absolute atomic E-state index is 0.0354. The number of aliphatic hydroxyl groups excluding tert-OH is 1. The molecule has 0 aliphatic rings. The standard InChI is InChI=1S/C4H8O3/c5-3-1-2-4(6)7/h5H,1-3H2,(H,6,7)/i1+1,2+1,3+1,4+1. The molecule has 0 unspecified atom stereocenters. The van der Waals surface area contributed by atoms with Crippen LogP contribution in [0, 0.1) is 0 Å². The van der Waals surface area contributed by atoms with E-state index in [1.807, 2.05) is 0 Å². The summed E-state index contributed by atoms with van der Waals surface area (Å²) in [6, 6.07) is 0. The van der Waals surface area contributed by atoms with E-state index in [1.54, 1.807) is 0 Å². The third-order valence-corrected chi connectivity index (χ3v) is 0.549. The van der Waals surface area contributed by atoms with E-state index in [4.69, 9.17) is 10.2 Å². The summed E-state index contributed by atoms with van der Waals surface area (Å²) in [7, 11) is 0. The van der Waals surface area contributed by atoms with E-state index in [2.05, 4.69) is 0 Å². The van der Waals surface area contributed by atoms with Gasteiger partial charge in [-0.3, -0.25) is 4.79 Å². The third-order valence-electron chi connectivity index (χ3n) is 0.549. The van der Waals surface area contributed by atoms with Crippen LogP contribution in [0.5, 0.6) is 0 Å². The zero-order valence-electron chi connectivity index (χ0n) is 3.92. The van der Waals surface area contributed by atoms with Gasteiger partial charge in [0.2, 0.25) is 0 Å². The monoisotopic (exact) mass is 108 g/mol. The molecule has 0 atom stereocenters. The van der Waals surface area contributed by atoms with Crippen molar-refractivity contribution in [3.63, 3.8) is 0 Å². The van der Waals surface area contributed by atoms with Crippen LogP contribution in [0.2, 0.25) is 0 Å². The quantitative estimate of drug-likeness (QED) is 0.494. The SMILES string of the molecule is O=[13C](O)[13CH2][13CH2][13CH2]O. The second-order valence-corrected chi connectivity index (χ2v) is 1.22. The Balaban J connectivity index is 2.82. The second kappa shape index (κ2) is 3.61. The zero-order valence-corrected chi connectivity index (χ0v) is 3.92. The fourth-order valence-corrected chi connectivity index (χ4v) is 0.230. The molecule has 0 aromatic carbocycles. The summed E-state index contributed by atoms with van der Waals surface area (Å²) < 4.78 is 0. The van der Waals surface area contributed by atoms with E-state index < -0.39 is 5.97 Å². The van der Waals surface area contributed by atoms with Crippen molar-refractivity contribution in [1.29, 1.82) is 0 Å². The highest BCUT2D eigenvalue weighted by atomic mass is 16.5. The summed E-state index contributed by atoms with van der Waals surface area (Å²) in [6.45, 7) is -0.0354. The fourth-order valence-electron chi connectivity index (χ4n) is 0.230. The smallest absolute Gasteiger partial charge is 0.303 e. The molecule has 0 aliphatic carbocycles. The van der Waals surface area contributed by atoms with Gasteiger partial charge in [0.15, 0.2) is 0 Å². The molecule has 0 heterocycles. The molecule has 3 nitrogen and oxygen atoms in total. The van der Waals surface area contributed by atoms with Gasteiger partial charge >= 0.3 is 5.97 Å². The van der Waals surface area contributed by atoms with Crippen molar-refractivity contribution in [3.8, 4) is 0 Å². The number of carboxylic acid groups (broad SMARTS) is 1. The van der Waals surface area contributed by atoms with E-state index >= 15 is 0 Å².